The normalized spacial score (nSPS) is 12.8. The van der Waals surface area contributed by atoms with Crippen LogP contribution in [0.1, 0.15) is 24.0 Å². The molecule has 1 heterocycles. The van der Waals surface area contributed by atoms with Gasteiger partial charge in [-0.05, 0) is 54.8 Å². The minimum atomic E-state index is -0.366. The summed E-state index contributed by atoms with van der Waals surface area (Å²) in [6, 6.07) is 8.82. The SMILES string of the molecule is COc1ccc(OC)c(/C=C/C(=O)N2CCCN2C(=O)CNC(=O)CCc2cc(OC)c(OC)c(OC)c2)c1. The molecule has 210 valence electrons. The van der Waals surface area contributed by atoms with Crippen LogP contribution >= 0.6 is 0 Å². The number of hydrogen-bond acceptors (Lipinski definition) is 8. The number of benzene rings is 2. The van der Waals surface area contributed by atoms with Crippen LogP contribution in [0, 0.1) is 0 Å². The first kappa shape index (κ1) is 29.2. The van der Waals surface area contributed by atoms with Gasteiger partial charge in [-0.25, -0.2) is 10.0 Å². The Kier molecular flexibility index (Phi) is 10.4. The van der Waals surface area contributed by atoms with Gasteiger partial charge >= 0.3 is 0 Å². The molecule has 39 heavy (non-hydrogen) atoms. The topological polar surface area (TPSA) is 116 Å². The van der Waals surface area contributed by atoms with Crippen molar-refractivity contribution >= 4 is 23.8 Å². The molecule has 11 heteroatoms. The van der Waals surface area contributed by atoms with E-state index in [2.05, 4.69) is 5.32 Å². The smallest absolute Gasteiger partial charge is 0.265 e. The number of nitrogens with one attached hydrogen (secondary N) is 1. The lowest BCUT2D eigenvalue weighted by molar-refractivity contribution is -0.154. The first-order chi connectivity index (χ1) is 18.8. The molecule has 0 saturated carbocycles. The highest BCUT2D eigenvalue weighted by Crippen LogP contribution is 2.38. The average molecular weight is 542 g/mol. The van der Waals surface area contributed by atoms with Crippen molar-refractivity contribution in [3.8, 4) is 28.7 Å². The van der Waals surface area contributed by atoms with E-state index in [-0.39, 0.29) is 30.7 Å². The summed E-state index contributed by atoms with van der Waals surface area (Å²) in [7, 11) is 7.67. The molecule has 0 aliphatic carbocycles. The lowest BCUT2D eigenvalue weighted by Crippen LogP contribution is -2.48. The Morgan fingerprint density at radius 1 is 0.846 bits per heavy atom. The van der Waals surface area contributed by atoms with Gasteiger partial charge in [-0.2, -0.15) is 0 Å². The predicted octanol–water partition coefficient (Wildman–Crippen LogP) is 2.47. The third-order valence-corrected chi connectivity index (χ3v) is 6.22. The van der Waals surface area contributed by atoms with Gasteiger partial charge < -0.3 is 29.0 Å². The van der Waals surface area contributed by atoms with Gasteiger partial charge in [0.2, 0.25) is 11.7 Å². The number of hydrazine groups is 1. The monoisotopic (exact) mass is 541 g/mol. The molecule has 1 aliphatic rings. The van der Waals surface area contributed by atoms with Crippen LogP contribution in [0.25, 0.3) is 6.08 Å². The average Bonchev–Trinajstić information content (AvgIpc) is 3.47. The zero-order valence-electron chi connectivity index (χ0n) is 22.9. The van der Waals surface area contributed by atoms with Gasteiger partial charge in [0.25, 0.3) is 11.8 Å². The fourth-order valence-electron chi connectivity index (χ4n) is 4.21. The van der Waals surface area contributed by atoms with Gasteiger partial charge in [-0.15, -0.1) is 0 Å². The van der Waals surface area contributed by atoms with Crippen LogP contribution in [0.3, 0.4) is 0 Å². The van der Waals surface area contributed by atoms with E-state index < -0.39 is 0 Å². The molecule has 0 unspecified atom stereocenters. The van der Waals surface area contributed by atoms with Crippen molar-refractivity contribution in [3.63, 3.8) is 0 Å². The Balaban J connectivity index is 1.55. The van der Waals surface area contributed by atoms with E-state index in [0.29, 0.717) is 60.2 Å². The summed E-state index contributed by atoms with van der Waals surface area (Å²) in [6.07, 6.45) is 4.21. The molecule has 0 atom stereocenters. The number of amides is 3. The molecule has 2 aromatic rings. The summed E-state index contributed by atoms with van der Waals surface area (Å²) in [6.45, 7) is 0.576. The minimum Gasteiger partial charge on any atom is -0.497 e. The fraction of sp³-hybridized carbons (Fsp3) is 0.393. The van der Waals surface area contributed by atoms with Crippen LogP contribution in [0.2, 0.25) is 0 Å². The molecule has 2 aromatic carbocycles. The van der Waals surface area contributed by atoms with Crippen molar-refractivity contribution in [2.24, 2.45) is 0 Å². The Hall–Kier alpha value is -4.41. The lowest BCUT2D eigenvalue weighted by Gasteiger charge is -2.27. The standard InChI is InChI=1S/C28H35N3O8/c1-35-21-9-10-22(36-2)20(17-21)8-12-26(33)30-13-6-14-31(30)27(34)18-29-25(32)11-7-19-15-23(37-3)28(39-5)24(16-19)38-4/h8-10,12,15-17H,6-7,11,13-14,18H2,1-5H3,(H,29,32)/b12-8+. The molecule has 1 aliphatic heterocycles. The van der Waals surface area contributed by atoms with Crippen molar-refractivity contribution in [3.05, 3.63) is 47.5 Å². The van der Waals surface area contributed by atoms with E-state index >= 15 is 0 Å². The molecular weight excluding hydrogens is 506 g/mol. The molecule has 11 nitrogen and oxygen atoms in total. The number of rotatable bonds is 12. The second-order valence-corrected chi connectivity index (χ2v) is 8.58. The fourth-order valence-corrected chi connectivity index (χ4v) is 4.21. The Labute approximate surface area is 228 Å². The van der Waals surface area contributed by atoms with Gasteiger partial charge in [0.05, 0.1) is 42.1 Å². The summed E-state index contributed by atoms with van der Waals surface area (Å²) in [5.41, 5.74) is 1.49. The number of carbonyl (C=O) groups is 3. The van der Waals surface area contributed by atoms with Crippen LogP contribution in [-0.4, -0.2) is 82.9 Å². The highest BCUT2D eigenvalue weighted by atomic mass is 16.5. The number of carbonyl (C=O) groups excluding carboxylic acids is 3. The number of nitrogens with zero attached hydrogens (tertiary/aromatic N) is 2. The van der Waals surface area contributed by atoms with Crippen LogP contribution in [-0.2, 0) is 20.8 Å². The molecular formula is C28H35N3O8. The third kappa shape index (κ3) is 7.34. The minimum absolute atomic E-state index is 0.152. The van der Waals surface area contributed by atoms with Crippen LogP contribution in [0.15, 0.2) is 36.4 Å². The van der Waals surface area contributed by atoms with Crippen molar-refractivity contribution in [2.75, 3.05) is 55.2 Å². The highest BCUT2D eigenvalue weighted by molar-refractivity contribution is 5.94. The first-order valence-electron chi connectivity index (χ1n) is 12.4. The molecule has 1 fully saturated rings. The van der Waals surface area contributed by atoms with Gasteiger partial charge in [-0.3, -0.25) is 14.4 Å². The van der Waals surface area contributed by atoms with Crippen LogP contribution < -0.4 is 29.0 Å². The third-order valence-electron chi connectivity index (χ3n) is 6.22. The summed E-state index contributed by atoms with van der Waals surface area (Å²) >= 11 is 0. The van der Waals surface area contributed by atoms with Crippen LogP contribution in [0.4, 0.5) is 0 Å². The maximum Gasteiger partial charge on any atom is 0.265 e. The van der Waals surface area contributed by atoms with Gasteiger partial charge in [0.15, 0.2) is 11.5 Å². The second-order valence-electron chi connectivity index (χ2n) is 8.58. The Morgan fingerprint density at radius 3 is 2.13 bits per heavy atom. The maximum atomic E-state index is 12.9. The molecule has 0 spiro atoms. The van der Waals surface area contributed by atoms with E-state index in [4.69, 9.17) is 23.7 Å². The quantitative estimate of drug-likeness (QED) is 0.408. The van der Waals surface area contributed by atoms with Crippen molar-refractivity contribution in [2.45, 2.75) is 19.3 Å². The molecule has 0 aromatic heterocycles. The highest BCUT2D eigenvalue weighted by Gasteiger charge is 2.29. The van der Waals surface area contributed by atoms with Gasteiger partial charge in [-0.1, -0.05) is 0 Å². The summed E-state index contributed by atoms with van der Waals surface area (Å²) in [5, 5.41) is 5.40. The van der Waals surface area contributed by atoms with E-state index in [1.165, 1.54) is 37.4 Å². The van der Waals surface area contributed by atoms with E-state index in [0.717, 1.165) is 5.56 Å². The van der Waals surface area contributed by atoms with E-state index in [9.17, 15) is 14.4 Å². The van der Waals surface area contributed by atoms with E-state index in [1.807, 2.05) is 0 Å². The zero-order valence-corrected chi connectivity index (χ0v) is 22.9. The number of ether oxygens (including phenoxy) is 5. The zero-order chi connectivity index (χ0) is 28.4. The number of aryl methyl sites for hydroxylation is 1. The van der Waals surface area contributed by atoms with Crippen LogP contribution in [0.5, 0.6) is 28.7 Å². The summed E-state index contributed by atoms with van der Waals surface area (Å²) in [4.78, 5) is 38.2. The van der Waals surface area contributed by atoms with Crippen molar-refractivity contribution in [1.29, 1.82) is 0 Å². The molecule has 3 rings (SSSR count). The van der Waals surface area contributed by atoms with Gasteiger partial charge in [0, 0.05) is 31.1 Å². The molecule has 3 amide bonds. The predicted molar refractivity (Wildman–Crippen MR) is 144 cm³/mol. The molecule has 0 radical (unpaired) electrons. The Bertz CT molecular complexity index is 1190. The van der Waals surface area contributed by atoms with Crippen molar-refractivity contribution in [1.82, 2.24) is 15.3 Å². The number of hydrogen-bond donors (Lipinski definition) is 1. The maximum absolute atomic E-state index is 12.9. The molecule has 1 saturated heterocycles. The lowest BCUT2D eigenvalue weighted by atomic mass is 10.1. The molecule has 1 N–H and O–H groups in total. The van der Waals surface area contributed by atoms with Gasteiger partial charge in [0.1, 0.15) is 11.5 Å². The first-order valence-corrected chi connectivity index (χ1v) is 12.4. The summed E-state index contributed by atoms with van der Waals surface area (Å²) in [5.74, 6) is 1.68. The number of methoxy groups -OCH3 is 5. The molecule has 0 bridgehead atoms. The summed E-state index contributed by atoms with van der Waals surface area (Å²) < 4.78 is 26.6. The second kappa shape index (κ2) is 13.9. The van der Waals surface area contributed by atoms with Crippen molar-refractivity contribution < 1.29 is 38.1 Å². The van der Waals surface area contributed by atoms with E-state index in [1.54, 1.807) is 50.6 Å². The largest absolute Gasteiger partial charge is 0.497 e. The Morgan fingerprint density at radius 2 is 1.51 bits per heavy atom.